The van der Waals surface area contributed by atoms with Gasteiger partial charge >= 0.3 is 0 Å². The Morgan fingerprint density at radius 1 is 1.06 bits per heavy atom. The molecule has 0 saturated carbocycles. The average Bonchev–Trinajstić information content (AvgIpc) is 3.55. The highest BCUT2D eigenvalue weighted by molar-refractivity contribution is 7.81. The van der Waals surface area contributed by atoms with Crippen LogP contribution in [0.25, 0.3) is 0 Å². The van der Waals surface area contributed by atoms with Crippen LogP contribution in [-0.2, 0) is 24.0 Å². The van der Waals surface area contributed by atoms with E-state index in [1.54, 1.807) is 30.7 Å². The molecule has 1 unspecified atom stereocenters. The van der Waals surface area contributed by atoms with Crippen molar-refractivity contribution in [2.45, 2.75) is 13.0 Å². The van der Waals surface area contributed by atoms with Crippen LogP contribution < -0.4 is 15.5 Å². The second-order valence-corrected chi connectivity index (χ2v) is 10.4. The number of likely N-dealkylation sites (N-methyl/N-ethyl adjacent to an activating group) is 1. The smallest absolute Gasteiger partial charge is 0.272 e. The van der Waals surface area contributed by atoms with Crippen LogP contribution in [0.4, 0.5) is 17.2 Å². The fraction of sp³-hybridized carbons (Fsp3) is 0.375. The first-order valence-electron chi connectivity index (χ1n) is 11.9. The Hall–Kier alpha value is -3.48. The van der Waals surface area contributed by atoms with Gasteiger partial charge in [0.15, 0.2) is 5.82 Å². The lowest BCUT2D eigenvalue weighted by atomic mass is 10.1. The van der Waals surface area contributed by atoms with E-state index in [1.807, 2.05) is 16.4 Å². The largest absolute Gasteiger partial charge is 0.369 e. The topological polar surface area (TPSA) is 129 Å². The number of anilines is 3. The first-order chi connectivity index (χ1) is 17.4. The summed E-state index contributed by atoms with van der Waals surface area (Å²) in [7, 11) is 0.983. The normalized spacial score (nSPS) is 17.4. The van der Waals surface area contributed by atoms with E-state index in [-0.39, 0.29) is 11.8 Å². The highest BCUT2D eigenvalue weighted by Gasteiger charge is 2.26. The summed E-state index contributed by atoms with van der Waals surface area (Å²) in [5, 5.41) is 13.1. The van der Waals surface area contributed by atoms with Crippen molar-refractivity contribution in [3.8, 4) is 0 Å². The van der Waals surface area contributed by atoms with Gasteiger partial charge in [-0.3, -0.25) is 14.7 Å². The van der Waals surface area contributed by atoms with Crippen LogP contribution in [0.15, 0.2) is 36.5 Å². The number of piperazine rings is 1. The van der Waals surface area contributed by atoms with Gasteiger partial charge in [0, 0.05) is 75.1 Å². The number of hydrogen-bond donors (Lipinski definition) is 4. The van der Waals surface area contributed by atoms with E-state index >= 15 is 0 Å². The summed E-state index contributed by atoms with van der Waals surface area (Å²) >= 11 is 0. The minimum Gasteiger partial charge on any atom is -0.369 e. The van der Waals surface area contributed by atoms with Crippen LogP contribution in [0, 0.1) is 0 Å². The summed E-state index contributed by atoms with van der Waals surface area (Å²) < 4.78 is 13.8. The Labute approximate surface area is 211 Å². The number of H-pyrrole nitrogens is 2. The molecule has 1 fully saturated rings. The van der Waals surface area contributed by atoms with Gasteiger partial charge < -0.3 is 25.4 Å². The van der Waals surface area contributed by atoms with E-state index in [2.05, 4.69) is 42.7 Å². The molecule has 2 amide bonds. The lowest BCUT2D eigenvalue weighted by Crippen LogP contribution is -2.44. The van der Waals surface area contributed by atoms with Gasteiger partial charge in [0.05, 0.1) is 22.2 Å². The van der Waals surface area contributed by atoms with E-state index < -0.39 is 11.0 Å². The van der Waals surface area contributed by atoms with E-state index in [1.165, 1.54) is 0 Å². The predicted octanol–water partition coefficient (Wildman–Crippen LogP) is 1.65. The molecule has 11 nitrogen and oxygen atoms in total. The molecule has 5 rings (SSSR count). The summed E-state index contributed by atoms with van der Waals surface area (Å²) in [6.07, 6.45) is 4.00. The van der Waals surface area contributed by atoms with Gasteiger partial charge in [-0.05, 0) is 37.4 Å². The number of fused-ring (bicyclic) bond motifs is 1. The Morgan fingerprint density at radius 2 is 1.86 bits per heavy atom. The number of benzene rings is 1. The van der Waals surface area contributed by atoms with Crippen LogP contribution in [0.5, 0.6) is 0 Å². The number of hydrogen-bond acceptors (Lipinski definition) is 6. The number of carbonyl (C=O) groups is 2. The SMILES string of the molecule is CN1CCN(c2ccc(C(=O)Nc3n[nH]c4c3CN(S(C)=O)CC4)c(NC(=O)c3ccc[nH]3)c2)CC1. The van der Waals surface area contributed by atoms with Crippen molar-refractivity contribution in [2.24, 2.45) is 0 Å². The standard InChI is InChI=1S/C24H30N8O3S/c1-30-10-12-31(13-11-30)16-5-6-17(21(14-16)26-24(34)20-4-3-8-25-20)23(33)27-22-18-15-32(36(2)35)9-7-19(18)28-29-22/h3-6,8,14,25H,7,9-13,15H2,1-2H3,(H,26,34)(H2,27,28,29,33). The molecule has 0 aliphatic carbocycles. The maximum atomic E-state index is 13.4. The van der Waals surface area contributed by atoms with Gasteiger partial charge in [0.2, 0.25) is 0 Å². The van der Waals surface area contributed by atoms with Crippen LogP contribution in [-0.4, -0.2) is 86.4 Å². The van der Waals surface area contributed by atoms with Crippen molar-refractivity contribution < 1.29 is 13.8 Å². The fourth-order valence-corrected chi connectivity index (χ4v) is 5.18. The van der Waals surface area contributed by atoms with Crippen LogP contribution >= 0.6 is 0 Å². The zero-order valence-corrected chi connectivity index (χ0v) is 21.2. The second-order valence-electron chi connectivity index (χ2n) is 9.08. The monoisotopic (exact) mass is 510 g/mol. The zero-order chi connectivity index (χ0) is 25.2. The summed E-state index contributed by atoms with van der Waals surface area (Å²) in [4.78, 5) is 33.7. The maximum absolute atomic E-state index is 13.4. The van der Waals surface area contributed by atoms with Crippen molar-refractivity contribution in [1.29, 1.82) is 0 Å². The highest BCUT2D eigenvalue weighted by Crippen LogP contribution is 2.28. The van der Waals surface area contributed by atoms with Crippen molar-refractivity contribution in [2.75, 3.05) is 61.6 Å². The Morgan fingerprint density at radius 3 is 2.58 bits per heavy atom. The Bertz CT molecular complexity index is 1280. The third-order valence-electron chi connectivity index (χ3n) is 6.70. The first-order valence-corrected chi connectivity index (χ1v) is 13.4. The number of aromatic amines is 2. The Balaban J connectivity index is 1.41. The number of rotatable bonds is 6. The summed E-state index contributed by atoms with van der Waals surface area (Å²) in [5.74, 6) is -0.302. The third kappa shape index (κ3) is 5.06. The molecule has 12 heteroatoms. The molecule has 2 aliphatic heterocycles. The average molecular weight is 511 g/mol. The first kappa shape index (κ1) is 24.2. The second kappa shape index (κ2) is 10.2. The highest BCUT2D eigenvalue weighted by atomic mass is 32.2. The lowest BCUT2D eigenvalue weighted by molar-refractivity contribution is 0.102. The molecule has 0 spiro atoms. The van der Waals surface area contributed by atoms with Gasteiger partial charge in [0.1, 0.15) is 5.69 Å². The molecule has 0 radical (unpaired) electrons. The fourth-order valence-electron chi connectivity index (χ4n) is 4.52. The van der Waals surface area contributed by atoms with E-state index in [0.29, 0.717) is 42.3 Å². The molecule has 36 heavy (non-hydrogen) atoms. The van der Waals surface area contributed by atoms with Crippen molar-refractivity contribution >= 4 is 40.0 Å². The minimum absolute atomic E-state index is 0.330. The van der Waals surface area contributed by atoms with Crippen molar-refractivity contribution in [3.63, 3.8) is 0 Å². The Kier molecular flexibility index (Phi) is 6.90. The molecular weight excluding hydrogens is 480 g/mol. The summed E-state index contributed by atoms with van der Waals surface area (Å²) in [6.45, 7) is 4.70. The molecule has 1 atom stereocenters. The van der Waals surface area contributed by atoms with Crippen LogP contribution in [0.3, 0.4) is 0 Å². The molecule has 2 aromatic heterocycles. The molecule has 190 valence electrons. The molecule has 1 aromatic carbocycles. The van der Waals surface area contributed by atoms with Gasteiger partial charge in [-0.2, -0.15) is 5.10 Å². The van der Waals surface area contributed by atoms with Crippen molar-refractivity contribution in [3.05, 3.63) is 59.0 Å². The minimum atomic E-state index is -1.11. The van der Waals surface area contributed by atoms with E-state index in [9.17, 15) is 13.8 Å². The molecule has 4 N–H and O–H groups in total. The van der Waals surface area contributed by atoms with Gasteiger partial charge in [-0.15, -0.1) is 0 Å². The molecular formula is C24H30N8O3S. The number of aromatic nitrogens is 3. The molecule has 1 saturated heterocycles. The lowest BCUT2D eigenvalue weighted by Gasteiger charge is -2.34. The van der Waals surface area contributed by atoms with E-state index in [4.69, 9.17) is 0 Å². The summed E-state index contributed by atoms with van der Waals surface area (Å²) in [6, 6.07) is 8.92. The van der Waals surface area contributed by atoms with E-state index in [0.717, 1.165) is 43.1 Å². The van der Waals surface area contributed by atoms with Crippen LogP contribution in [0.1, 0.15) is 32.1 Å². The number of amides is 2. The van der Waals surface area contributed by atoms with Crippen LogP contribution in [0.2, 0.25) is 0 Å². The zero-order valence-electron chi connectivity index (χ0n) is 20.3. The number of carbonyl (C=O) groups excluding carboxylic acids is 2. The molecule has 4 heterocycles. The quantitative estimate of drug-likeness (QED) is 0.399. The van der Waals surface area contributed by atoms with Gasteiger partial charge in [-0.1, -0.05) is 0 Å². The number of nitrogens with zero attached hydrogens (tertiary/aromatic N) is 4. The summed E-state index contributed by atoms with van der Waals surface area (Å²) in [5.41, 5.74) is 3.86. The number of nitrogens with one attached hydrogen (secondary N) is 4. The van der Waals surface area contributed by atoms with Gasteiger partial charge in [0.25, 0.3) is 11.8 Å². The molecule has 0 bridgehead atoms. The predicted molar refractivity (Wildman–Crippen MR) is 140 cm³/mol. The maximum Gasteiger partial charge on any atom is 0.272 e. The van der Waals surface area contributed by atoms with Gasteiger partial charge in [-0.25, -0.2) is 8.51 Å². The third-order valence-corrected chi connectivity index (χ3v) is 7.74. The molecule has 3 aromatic rings. The van der Waals surface area contributed by atoms with Crippen molar-refractivity contribution in [1.82, 2.24) is 24.4 Å². The molecule has 2 aliphatic rings.